The molecule has 2 saturated carbocycles. The van der Waals surface area contributed by atoms with Crippen LogP contribution in [0.3, 0.4) is 0 Å². The number of carboxylic acid groups (broad SMARTS) is 1. The van der Waals surface area contributed by atoms with Gasteiger partial charge >= 0.3 is 12.1 Å². The van der Waals surface area contributed by atoms with Gasteiger partial charge in [-0.2, -0.15) is 0 Å². The van der Waals surface area contributed by atoms with E-state index in [2.05, 4.69) is 0 Å². The van der Waals surface area contributed by atoms with Crippen molar-refractivity contribution in [3.8, 4) is 0 Å². The van der Waals surface area contributed by atoms with Crippen LogP contribution in [0.25, 0.3) is 0 Å². The van der Waals surface area contributed by atoms with Crippen LogP contribution >= 0.6 is 12.2 Å². The zero-order valence-electron chi connectivity index (χ0n) is 14.0. The Kier molecular flexibility index (Phi) is 3.94. The summed E-state index contributed by atoms with van der Waals surface area (Å²) in [6, 6.07) is 0.0494. The summed E-state index contributed by atoms with van der Waals surface area (Å²) in [4.78, 5) is 26.0. The van der Waals surface area contributed by atoms with Gasteiger partial charge in [0.25, 0.3) is 0 Å². The average Bonchev–Trinajstić information content (AvgIpc) is 3.29. The van der Waals surface area contributed by atoms with Crippen molar-refractivity contribution in [1.82, 2.24) is 4.90 Å². The maximum absolute atomic E-state index is 12.8. The van der Waals surface area contributed by atoms with Crippen molar-refractivity contribution >= 4 is 29.1 Å². The fourth-order valence-corrected chi connectivity index (χ4v) is 4.31. The summed E-state index contributed by atoms with van der Waals surface area (Å²) < 4.78 is 5.60. The van der Waals surface area contributed by atoms with Crippen LogP contribution in [0.15, 0.2) is 0 Å². The molecule has 128 valence electrons. The van der Waals surface area contributed by atoms with Crippen molar-refractivity contribution in [1.29, 1.82) is 0 Å². The molecule has 2 aliphatic carbocycles. The van der Waals surface area contributed by atoms with Gasteiger partial charge in [-0.15, -0.1) is 0 Å². The van der Waals surface area contributed by atoms with E-state index in [-0.39, 0.29) is 16.8 Å². The fraction of sp³-hybridized carbons (Fsp3) is 0.824. The number of rotatable bonds is 4. The quantitative estimate of drug-likeness (QED) is 0.795. The first-order chi connectivity index (χ1) is 10.6. The van der Waals surface area contributed by atoms with Gasteiger partial charge in [0.15, 0.2) is 0 Å². The Labute approximate surface area is 142 Å². The smallest absolute Gasteiger partial charge is 0.411 e. The van der Waals surface area contributed by atoms with Crippen LogP contribution in [0.2, 0.25) is 0 Å². The molecule has 1 amide bonds. The van der Waals surface area contributed by atoms with Gasteiger partial charge in [0.05, 0.1) is 5.54 Å². The number of carboxylic acids is 1. The number of hydrogen-bond acceptors (Lipinski definition) is 4. The highest BCUT2D eigenvalue weighted by atomic mass is 32.1. The molecule has 0 aromatic heterocycles. The highest BCUT2D eigenvalue weighted by Crippen LogP contribution is 2.58. The molecule has 1 saturated heterocycles. The third kappa shape index (κ3) is 3.10. The van der Waals surface area contributed by atoms with Crippen molar-refractivity contribution in [2.75, 3.05) is 0 Å². The topological polar surface area (TPSA) is 66.8 Å². The number of nitrogens with zero attached hydrogens (tertiary/aromatic N) is 1. The van der Waals surface area contributed by atoms with Gasteiger partial charge in [-0.3, -0.25) is 4.90 Å². The van der Waals surface area contributed by atoms with E-state index in [1.165, 1.54) is 12.8 Å². The van der Waals surface area contributed by atoms with Crippen LogP contribution < -0.4 is 0 Å². The lowest BCUT2D eigenvalue weighted by Crippen LogP contribution is -2.58. The maximum Gasteiger partial charge on any atom is 0.411 e. The van der Waals surface area contributed by atoms with Crippen molar-refractivity contribution in [3.05, 3.63) is 0 Å². The largest absolute Gasteiger partial charge is 0.477 e. The average molecular weight is 339 g/mol. The van der Waals surface area contributed by atoms with Crippen LogP contribution in [0.1, 0.15) is 59.3 Å². The minimum Gasteiger partial charge on any atom is -0.477 e. The summed E-state index contributed by atoms with van der Waals surface area (Å²) in [7, 11) is 0. The van der Waals surface area contributed by atoms with Crippen LogP contribution in [-0.4, -0.2) is 44.1 Å². The number of aliphatic carboxylic acids is 1. The van der Waals surface area contributed by atoms with E-state index in [0.29, 0.717) is 12.3 Å². The van der Waals surface area contributed by atoms with E-state index < -0.39 is 23.2 Å². The SMILES string of the molecule is CC(C)(C)OC(=O)N1C(CC2CC2)CCC2CC21C(=S)C(=O)O. The maximum atomic E-state index is 12.8. The molecule has 3 fully saturated rings. The highest BCUT2D eigenvalue weighted by molar-refractivity contribution is 7.82. The lowest BCUT2D eigenvalue weighted by molar-refractivity contribution is -0.129. The van der Waals surface area contributed by atoms with Gasteiger partial charge in [0, 0.05) is 6.04 Å². The molecule has 3 atom stereocenters. The number of piperidine rings is 1. The molecule has 0 spiro atoms. The lowest BCUT2D eigenvalue weighted by Gasteiger charge is -2.42. The highest BCUT2D eigenvalue weighted by Gasteiger charge is 2.68. The summed E-state index contributed by atoms with van der Waals surface area (Å²) in [6.45, 7) is 5.49. The molecule has 6 heteroatoms. The fourth-order valence-electron chi connectivity index (χ4n) is 3.96. The van der Waals surface area contributed by atoms with Crippen molar-refractivity contribution in [3.63, 3.8) is 0 Å². The van der Waals surface area contributed by atoms with Gasteiger partial charge in [0.2, 0.25) is 0 Å². The van der Waals surface area contributed by atoms with Crippen molar-refractivity contribution in [2.24, 2.45) is 11.8 Å². The first kappa shape index (κ1) is 16.7. The predicted molar refractivity (Wildman–Crippen MR) is 89.5 cm³/mol. The standard InChI is InChI=1S/C17H25NO4S/c1-16(2,3)22-15(21)18-12(8-10-4-5-10)7-6-11-9-17(11,18)13(23)14(19)20/h10-12H,4-9H2,1-3H3,(H,19,20). The third-order valence-corrected chi connectivity index (χ3v) is 5.72. The summed E-state index contributed by atoms with van der Waals surface area (Å²) in [5.74, 6) is -0.243. The zero-order chi connectivity index (χ0) is 17.0. The number of ether oxygens (including phenoxy) is 1. The van der Waals surface area contributed by atoms with Crippen LogP contribution in [0, 0.1) is 11.8 Å². The second-order valence-corrected chi connectivity index (χ2v) is 8.63. The summed E-state index contributed by atoms with van der Waals surface area (Å²) in [6.07, 6.45) is 5.48. The summed E-state index contributed by atoms with van der Waals surface area (Å²) >= 11 is 5.22. The summed E-state index contributed by atoms with van der Waals surface area (Å²) in [5, 5.41) is 9.42. The van der Waals surface area contributed by atoms with Crippen LogP contribution in [0.4, 0.5) is 4.79 Å². The van der Waals surface area contributed by atoms with Crippen LogP contribution in [0.5, 0.6) is 0 Å². The van der Waals surface area contributed by atoms with E-state index in [1.807, 2.05) is 20.8 Å². The second-order valence-electron chi connectivity index (χ2n) is 8.22. The lowest BCUT2D eigenvalue weighted by atomic mass is 9.90. The molecule has 5 nitrogen and oxygen atoms in total. The molecule has 3 unspecified atom stereocenters. The monoisotopic (exact) mass is 339 g/mol. The van der Waals surface area contributed by atoms with Gasteiger partial charge in [-0.1, -0.05) is 25.1 Å². The Morgan fingerprint density at radius 2 is 1.91 bits per heavy atom. The van der Waals surface area contributed by atoms with Crippen molar-refractivity contribution < 1.29 is 19.4 Å². The van der Waals surface area contributed by atoms with E-state index in [1.54, 1.807) is 4.90 Å². The normalized spacial score (nSPS) is 32.9. The number of carbonyl (C=O) groups excluding carboxylic acids is 1. The zero-order valence-corrected chi connectivity index (χ0v) is 14.8. The second kappa shape index (κ2) is 5.43. The Balaban J connectivity index is 1.89. The Morgan fingerprint density at radius 3 is 2.43 bits per heavy atom. The Morgan fingerprint density at radius 1 is 1.26 bits per heavy atom. The number of hydrogen-bond donors (Lipinski definition) is 1. The first-order valence-corrected chi connectivity index (χ1v) is 8.86. The van der Waals surface area contributed by atoms with Crippen molar-refractivity contribution in [2.45, 2.75) is 76.5 Å². The molecule has 3 rings (SSSR count). The number of thiocarbonyl (C=S) groups is 1. The number of fused-ring (bicyclic) bond motifs is 1. The molecule has 23 heavy (non-hydrogen) atoms. The molecule has 0 bridgehead atoms. The number of amides is 1. The molecular formula is C17H25NO4S. The minimum absolute atomic E-state index is 0.0196. The molecule has 0 aromatic carbocycles. The Bertz CT molecular complexity index is 551. The van der Waals surface area contributed by atoms with Gasteiger partial charge in [0.1, 0.15) is 10.5 Å². The molecule has 1 aliphatic heterocycles. The Hall–Kier alpha value is -1.17. The molecule has 0 aromatic rings. The first-order valence-electron chi connectivity index (χ1n) is 8.45. The van der Waals surface area contributed by atoms with Gasteiger partial charge < -0.3 is 9.84 Å². The molecule has 1 N–H and O–H groups in total. The van der Waals surface area contributed by atoms with Gasteiger partial charge in [-0.25, -0.2) is 9.59 Å². The van der Waals surface area contributed by atoms with E-state index >= 15 is 0 Å². The molecular weight excluding hydrogens is 314 g/mol. The van der Waals surface area contributed by atoms with E-state index in [0.717, 1.165) is 19.3 Å². The predicted octanol–water partition coefficient (Wildman–Crippen LogP) is 3.40. The summed E-state index contributed by atoms with van der Waals surface area (Å²) in [5.41, 5.74) is -1.39. The van der Waals surface area contributed by atoms with Gasteiger partial charge in [-0.05, 0) is 58.3 Å². The molecule has 1 heterocycles. The number of likely N-dealkylation sites (tertiary alicyclic amines) is 1. The van der Waals surface area contributed by atoms with Crippen LogP contribution in [-0.2, 0) is 9.53 Å². The minimum atomic E-state index is -1.08. The number of carbonyl (C=O) groups is 2. The third-order valence-electron chi connectivity index (χ3n) is 5.20. The molecule has 3 aliphatic rings. The molecule has 0 radical (unpaired) electrons. The van der Waals surface area contributed by atoms with E-state index in [9.17, 15) is 14.7 Å². The van der Waals surface area contributed by atoms with E-state index in [4.69, 9.17) is 17.0 Å².